The van der Waals surface area contributed by atoms with E-state index in [2.05, 4.69) is 19.2 Å². The van der Waals surface area contributed by atoms with Gasteiger partial charge >= 0.3 is 0 Å². The second-order valence-electron chi connectivity index (χ2n) is 5.37. The van der Waals surface area contributed by atoms with Gasteiger partial charge < -0.3 is 14.8 Å². The third kappa shape index (κ3) is 3.54. The van der Waals surface area contributed by atoms with Gasteiger partial charge in [0, 0.05) is 23.6 Å². The fraction of sp³-hybridized carbons (Fsp3) is 0.600. The standard InChI is InChI=1S/C15H22ClNO2/c1-10(2)15(11-6-7-17-9-11)19-13-5-4-12(16)8-14(13)18-3/h4-5,8,10-11,15,17H,6-7,9H2,1-3H3/t11-,15-/m1/s1. The Morgan fingerprint density at radius 3 is 2.68 bits per heavy atom. The van der Waals surface area contributed by atoms with E-state index in [1.54, 1.807) is 13.2 Å². The van der Waals surface area contributed by atoms with Crippen molar-refractivity contribution in [2.24, 2.45) is 11.8 Å². The summed E-state index contributed by atoms with van der Waals surface area (Å²) in [6.45, 7) is 6.50. The molecule has 0 spiro atoms. The number of hydrogen-bond donors (Lipinski definition) is 1. The molecular weight excluding hydrogens is 262 g/mol. The molecule has 0 aliphatic carbocycles. The lowest BCUT2D eigenvalue weighted by molar-refractivity contribution is 0.0938. The van der Waals surface area contributed by atoms with Crippen molar-refractivity contribution in [1.82, 2.24) is 5.32 Å². The van der Waals surface area contributed by atoms with Crippen LogP contribution in [-0.4, -0.2) is 26.3 Å². The van der Waals surface area contributed by atoms with E-state index in [9.17, 15) is 0 Å². The first-order valence-electron chi connectivity index (χ1n) is 6.82. The number of benzene rings is 1. The van der Waals surface area contributed by atoms with Crippen LogP contribution >= 0.6 is 11.6 Å². The van der Waals surface area contributed by atoms with Crippen LogP contribution in [0.25, 0.3) is 0 Å². The zero-order valence-electron chi connectivity index (χ0n) is 11.8. The van der Waals surface area contributed by atoms with Crippen LogP contribution in [0.3, 0.4) is 0 Å². The Morgan fingerprint density at radius 1 is 1.32 bits per heavy atom. The summed E-state index contributed by atoms with van der Waals surface area (Å²) in [7, 11) is 1.64. The second-order valence-corrected chi connectivity index (χ2v) is 5.81. The molecule has 1 aliphatic rings. The van der Waals surface area contributed by atoms with Crippen molar-refractivity contribution < 1.29 is 9.47 Å². The molecule has 0 radical (unpaired) electrons. The van der Waals surface area contributed by atoms with E-state index >= 15 is 0 Å². The molecular formula is C15H22ClNO2. The number of ether oxygens (including phenoxy) is 2. The van der Waals surface area contributed by atoms with Crippen LogP contribution in [0.2, 0.25) is 5.02 Å². The van der Waals surface area contributed by atoms with Gasteiger partial charge in [0.25, 0.3) is 0 Å². The third-order valence-electron chi connectivity index (χ3n) is 3.61. The molecule has 1 saturated heterocycles. The summed E-state index contributed by atoms with van der Waals surface area (Å²) >= 11 is 5.98. The number of hydrogen-bond acceptors (Lipinski definition) is 3. The van der Waals surface area contributed by atoms with Gasteiger partial charge in [0.15, 0.2) is 11.5 Å². The number of nitrogens with one attached hydrogen (secondary N) is 1. The molecule has 0 saturated carbocycles. The smallest absolute Gasteiger partial charge is 0.162 e. The predicted molar refractivity (Wildman–Crippen MR) is 78.2 cm³/mol. The highest BCUT2D eigenvalue weighted by Gasteiger charge is 2.29. The van der Waals surface area contributed by atoms with Crippen molar-refractivity contribution in [2.75, 3.05) is 20.2 Å². The molecule has 1 aromatic carbocycles. The van der Waals surface area contributed by atoms with Crippen LogP contribution in [-0.2, 0) is 0 Å². The molecule has 106 valence electrons. The van der Waals surface area contributed by atoms with Gasteiger partial charge in [-0.1, -0.05) is 25.4 Å². The predicted octanol–water partition coefficient (Wildman–Crippen LogP) is 3.36. The quantitative estimate of drug-likeness (QED) is 0.899. The number of methoxy groups -OCH3 is 1. The van der Waals surface area contributed by atoms with Crippen molar-refractivity contribution in [3.63, 3.8) is 0 Å². The van der Waals surface area contributed by atoms with Gasteiger partial charge in [0.05, 0.1) is 7.11 Å². The molecule has 1 heterocycles. The van der Waals surface area contributed by atoms with E-state index in [0.717, 1.165) is 18.8 Å². The SMILES string of the molecule is COc1cc(Cl)ccc1O[C@H](C(C)C)[C@@H]1CCNC1. The summed E-state index contributed by atoms with van der Waals surface area (Å²) < 4.78 is 11.6. The Hall–Kier alpha value is -0.930. The van der Waals surface area contributed by atoms with Gasteiger partial charge in [-0.25, -0.2) is 0 Å². The molecule has 1 aliphatic heterocycles. The maximum absolute atomic E-state index is 6.21. The van der Waals surface area contributed by atoms with E-state index in [1.807, 2.05) is 12.1 Å². The molecule has 1 fully saturated rings. The van der Waals surface area contributed by atoms with Gasteiger partial charge in [0.1, 0.15) is 6.10 Å². The third-order valence-corrected chi connectivity index (χ3v) is 3.84. The van der Waals surface area contributed by atoms with Crippen LogP contribution in [0.1, 0.15) is 20.3 Å². The molecule has 0 aromatic heterocycles. The summed E-state index contributed by atoms with van der Waals surface area (Å²) in [5.74, 6) is 2.49. The minimum atomic E-state index is 0.199. The zero-order valence-corrected chi connectivity index (χ0v) is 12.5. The lowest BCUT2D eigenvalue weighted by Gasteiger charge is -2.28. The van der Waals surface area contributed by atoms with Crippen molar-refractivity contribution in [2.45, 2.75) is 26.4 Å². The normalized spacial score (nSPS) is 20.6. The maximum Gasteiger partial charge on any atom is 0.162 e. The Bertz CT molecular complexity index is 417. The first-order valence-corrected chi connectivity index (χ1v) is 7.20. The molecule has 2 atom stereocenters. The fourth-order valence-corrected chi connectivity index (χ4v) is 2.78. The second kappa shape index (κ2) is 6.49. The molecule has 0 amide bonds. The Morgan fingerprint density at radius 2 is 2.11 bits per heavy atom. The lowest BCUT2D eigenvalue weighted by Crippen LogP contribution is -2.33. The molecule has 19 heavy (non-hydrogen) atoms. The Balaban J connectivity index is 2.16. The van der Waals surface area contributed by atoms with Crippen molar-refractivity contribution in [3.8, 4) is 11.5 Å². The Kier molecular flexibility index (Phi) is 4.94. The van der Waals surface area contributed by atoms with Gasteiger partial charge in [-0.2, -0.15) is 0 Å². The monoisotopic (exact) mass is 283 g/mol. The molecule has 1 N–H and O–H groups in total. The number of rotatable bonds is 5. The molecule has 0 unspecified atom stereocenters. The average molecular weight is 284 g/mol. The summed E-state index contributed by atoms with van der Waals surface area (Å²) in [6.07, 6.45) is 1.36. The van der Waals surface area contributed by atoms with Crippen LogP contribution in [0, 0.1) is 11.8 Å². The van der Waals surface area contributed by atoms with E-state index in [-0.39, 0.29) is 6.10 Å². The van der Waals surface area contributed by atoms with Gasteiger partial charge in [0.2, 0.25) is 0 Å². The summed E-state index contributed by atoms with van der Waals surface area (Å²) in [5, 5.41) is 4.06. The van der Waals surface area contributed by atoms with Crippen LogP contribution in [0.5, 0.6) is 11.5 Å². The molecule has 0 bridgehead atoms. The topological polar surface area (TPSA) is 30.5 Å². The van der Waals surface area contributed by atoms with Gasteiger partial charge in [-0.3, -0.25) is 0 Å². The van der Waals surface area contributed by atoms with Crippen molar-refractivity contribution in [1.29, 1.82) is 0 Å². The maximum atomic E-state index is 6.21. The van der Waals surface area contributed by atoms with Crippen LogP contribution in [0.4, 0.5) is 0 Å². The van der Waals surface area contributed by atoms with Crippen LogP contribution < -0.4 is 14.8 Å². The highest BCUT2D eigenvalue weighted by atomic mass is 35.5. The van der Waals surface area contributed by atoms with Crippen molar-refractivity contribution >= 4 is 11.6 Å². The van der Waals surface area contributed by atoms with Gasteiger partial charge in [-0.05, 0) is 31.0 Å². The summed E-state index contributed by atoms with van der Waals surface area (Å²) in [6, 6.07) is 5.52. The molecule has 4 heteroatoms. The molecule has 1 aromatic rings. The minimum absolute atomic E-state index is 0.199. The highest BCUT2D eigenvalue weighted by Crippen LogP contribution is 2.33. The minimum Gasteiger partial charge on any atom is -0.493 e. The summed E-state index contributed by atoms with van der Waals surface area (Å²) in [4.78, 5) is 0. The largest absolute Gasteiger partial charge is 0.493 e. The zero-order chi connectivity index (χ0) is 13.8. The average Bonchev–Trinajstić information content (AvgIpc) is 2.90. The van der Waals surface area contributed by atoms with Crippen LogP contribution in [0.15, 0.2) is 18.2 Å². The summed E-state index contributed by atoms with van der Waals surface area (Å²) in [5.41, 5.74) is 0. The molecule has 3 nitrogen and oxygen atoms in total. The van der Waals surface area contributed by atoms with Gasteiger partial charge in [-0.15, -0.1) is 0 Å². The number of halogens is 1. The fourth-order valence-electron chi connectivity index (χ4n) is 2.62. The first kappa shape index (κ1) is 14.5. The molecule has 2 rings (SSSR count). The Labute approximate surface area is 120 Å². The van der Waals surface area contributed by atoms with E-state index in [4.69, 9.17) is 21.1 Å². The lowest BCUT2D eigenvalue weighted by atomic mass is 9.92. The van der Waals surface area contributed by atoms with Crippen molar-refractivity contribution in [3.05, 3.63) is 23.2 Å². The first-order chi connectivity index (χ1) is 9.11. The van der Waals surface area contributed by atoms with E-state index in [1.165, 1.54) is 6.42 Å². The van der Waals surface area contributed by atoms with E-state index in [0.29, 0.717) is 22.6 Å². The van der Waals surface area contributed by atoms with E-state index < -0.39 is 0 Å². The highest BCUT2D eigenvalue weighted by molar-refractivity contribution is 6.30.